The molecule has 1 aliphatic carbocycles. The number of fused-ring (bicyclic) bond motifs is 1. The van der Waals surface area contributed by atoms with Crippen LogP contribution in [0.3, 0.4) is 0 Å². The summed E-state index contributed by atoms with van der Waals surface area (Å²) in [5.41, 5.74) is 9.58. The van der Waals surface area contributed by atoms with Crippen LogP contribution in [0.4, 0.5) is 0 Å². The van der Waals surface area contributed by atoms with Gasteiger partial charge in [0.15, 0.2) is 0 Å². The van der Waals surface area contributed by atoms with Crippen LogP contribution in [0, 0.1) is 0 Å². The zero-order valence-corrected chi connectivity index (χ0v) is 12.2. The summed E-state index contributed by atoms with van der Waals surface area (Å²) >= 11 is 6.40. The Balaban J connectivity index is 1.99. The molecule has 0 aliphatic heterocycles. The van der Waals surface area contributed by atoms with Crippen molar-refractivity contribution in [3.05, 3.63) is 47.2 Å². The molecule has 0 spiro atoms. The number of nitrogens with two attached hydrogens (primary N) is 1. The van der Waals surface area contributed by atoms with Gasteiger partial charge in [-0.3, -0.25) is 4.98 Å². The standard InChI is InChI=1S/C16H15ClN4/c17-13-2-1-3-14-15(13)21(12-4-5-12)16(20-14)10-6-7-19-11(8-10)9-18/h1-3,6-8,12H,4-5,9,18H2. The number of nitrogens with zero attached hydrogens (tertiary/aromatic N) is 3. The topological polar surface area (TPSA) is 56.7 Å². The highest BCUT2D eigenvalue weighted by atomic mass is 35.5. The number of aromatic nitrogens is 3. The molecular weight excluding hydrogens is 284 g/mol. The SMILES string of the molecule is NCc1cc(-c2nc3cccc(Cl)c3n2C2CC2)ccn1. The molecule has 0 atom stereocenters. The first kappa shape index (κ1) is 12.8. The zero-order chi connectivity index (χ0) is 14.4. The van der Waals surface area contributed by atoms with Crippen molar-refractivity contribution in [2.75, 3.05) is 0 Å². The minimum atomic E-state index is 0.429. The van der Waals surface area contributed by atoms with Crippen LogP contribution in [-0.4, -0.2) is 14.5 Å². The molecule has 1 aliphatic rings. The highest BCUT2D eigenvalue weighted by Crippen LogP contribution is 2.42. The van der Waals surface area contributed by atoms with Gasteiger partial charge in [-0.1, -0.05) is 17.7 Å². The molecule has 0 saturated heterocycles. The molecule has 0 unspecified atom stereocenters. The van der Waals surface area contributed by atoms with Gasteiger partial charge in [0.05, 0.1) is 21.7 Å². The van der Waals surface area contributed by atoms with Crippen molar-refractivity contribution in [2.24, 2.45) is 5.73 Å². The summed E-state index contributed by atoms with van der Waals surface area (Å²) in [7, 11) is 0. The quantitative estimate of drug-likeness (QED) is 0.804. The molecule has 4 nitrogen and oxygen atoms in total. The second-order valence-electron chi connectivity index (χ2n) is 5.38. The number of halogens is 1. The highest BCUT2D eigenvalue weighted by molar-refractivity contribution is 6.35. The van der Waals surface area contributed by atoms with Crippen molar-refractivity contribution in [1.82, 2.24) is 14.5 Å². The maximum absolute atomic E-state index is 6.40. The van der Waals surface area contributed by atoms with E-state index in [0.717, 1.165) is 33.1 Å². The Morgan fingerprint density at radius 3 is 2.90 bits per heavy atom. The van der Waals surface area contributed by atoms with Crippen molar-refractivity contribution in [3.8, 4) is 11.4 Å². The van der Waals surface area contributed by atoms with Crippen molar-refractivity contribution in [3.63, 3.8) is 0 Å². The molecule has 1 aromatic carbocycles. The van der Waals surface area contributed by atoms with Crippen LogP contribution in [0.1, 0.15) is 24.6 Å². The van der Waals surface area contributed by atoms with E-state index in [9.17, 15) is 0 Å². The Labute approximate surface area is 127 Å². The molecule has 106 valence electrons. The van der Waals surface area contributed by atoms with Gasteiger partial charge in [-0.15, -0.1) is 0 Å². The lowest BCUT2D eigenvalue weighted by molar-refractivity contribution is 0.774. The van der Waals surface area contributed by atoms with Gasteiger partial charge in [-0.2, -0.15) is 0 Å². The van der Waals surface area contributed by atoms with Gasteiger partial charge < -0.3 is 10.3 Å². The minimum absolute atomic E-state index is 0.429. The Bertz CT molecular complexity index is 820. The van der Waals surface area contributed by atoms with Crippen LogP contribution in [0.25, 0.3) is 22.4 Å². The number of hydrogen-bond donors (Lipinski definition) is 1. The number of hydrogen-bond acceptors (Lipinski definition) is 3. The summed E-state index contributed by atoms with van der Waals surface area (Å²) < 4.78 is 2.27. The zero-order valence-electron chi connectivity index (χ0n) is 11.5. The molecular formula is C16H15ClN4. The van der Waals surface area contributed by atoms with Gasteiger partial charge in [0.2, 0.25) is 0 Å². The summed E-state index contributed by atoms with van der Waals surface area (Å²) in [6.45, 7) is 0.429. The fourth-order valence-corrected chi connectivity index (χ4v) is 2.99. The Hall–Kier alpha value is -1.91. The fraction of sp³-hybridized carbons (Fsp3) is 0.250. The second kappa shape index (κ2) is 4.83. The lowest BCUT2D eigenvalue weighted by atomic mass is 10.2. The summed E-state index contributed by atoms with van der Waals surface area (Å²) in [4.78, 5) is 9.05. The van der Waals surface area contributed by atoms with Crippen LogP contribution < -0.4 is 5.73 Å². The van der Waals surface area contributed by atoms with Gasteiger partial charge in [-0.05, 0) is 37.1 Å². The Morgan fingerprint density at radius 1 is 1.29 bits per heavy atom. The van der Waals surface area contributed by atoms with E-state index in [2.05, 4.69) is 9.55 Å². The third kappa shape index (κ3) is 2.11. The lowest BCUT2D eigenvalue weighted by Crippen LogP contribution is -2.01. The average molecular weight is 299 g/mol. The van der Waals surface area contributed by atoms with Gasteiger partial charge in [0.25, 0.3) is 0 Å². The molecule has 5 heteroatoms. The van der Waals surface area contributed by atoms with E-state index in [-0.39, 0.29) is 0 Å². The number of benzene rings is 1. The molecule has 0 bridgehead atoms. The molecule has 21 heavy (non-hydrogen) atoms. The van der Waals surface area contributed by atoms with Crippen LogP contribution in [0.15, 0.2) is 36.5 Å². The highest BCUT2D eigenvalue weighted by Gasteiger charge is 2.29. The predicted octanol–water partition coefficient (Wildman–Crippen LogP) is 3.55. The third-order valence-electron chi connectivity index (χ3n) is 3.86. The van der Waals surface area contributed by atoms with Gasteiger partial charge in [0, 0.05) is 24.3 Å². The second-order valence-corrected chi connectivity index (χ2v) is 5.79. The van der Waals surface area contributed by atoms with E-state index in [1.807, 2.05) is 30.3 Å². The minimum Gasteiger partial charge on any atom is -0.325 e. The summed E-state index contributed by atoms with van der Waals surface area (Å²) in [6.07, 6.45) is 4.15. The maximum Gasteiger partial charge on any atom is 0.141 e. The van der Waals surface area contributed by atoms with Crippen LogP contribution in [0.5, 0.6) is 0 Å². The average Bonchev–Trinajstić information content (AvgIpc) is 3.27. The first-order chi connectivity index (χ1) is 10.3. The first-order valence-corrected chi connectivity index (χ1v) is 7.47. The molecule has 2 heterocycles. The Kier molecular flexibility index (Phi) is 2.94. The fourth-order valence-electron chi connectivity index (χ4n) is 2.73. The molecule has 0 amide bonds. The van der Waals surface area contributed by atoms with Crippen LogP contribution in [-0.2, 0) is 6.54 Å². The molecule has 3 aromatic rings. The first-order valence-electron chi connectivity index (χ1n) is 7.10. The monoisotopic (exact) mass is 298 g/mol. The summed E-state index contributed by atoms with van der Waals surface area (Å²) in [5, 5.41) is 0.756. The van der Waals surface area contributed by atoms with E-state index in [0.29, 0.717) is 12.6 Å². The van der Waals surface area contributed by atoms with Crippen LogP contribution >= 0.6 is 11.6 Å². The number of rotatable bonds is 3. The van der Waals surface area contributed by atoms with E-state index < -0.39 is 0 Å². The molecule has 2 aromatic heterocycles. The van der Waals surface area contributed by atoms with Crippen LogP contribution in [0.2, 0.25) is 5.02 Å². The van der Waals surface area contributed by atoms with Crippen molar-refractivity contribution in [2.45, 2.75) is 25.4 Å². The van der Waals surface area contributed by atoms with Crippen molar-refractivity contribution < 1.29 is 0 Å². The normalized spacial score (nSPS) is 14.8. The predicted molar refractivity (Wildman–Crippen MR) is 84.1 cm³/mol. The third-order valence-corrected chi connectivity index (χ3v) is 4.16. The molecule has 1 fully saturated rings. The molecule has 1 saturated carbocycles. The van der Waals surface area contributed by atoms with Gasteiger partial charge in [0.1, 0.15) is 5.82 Å². The van der Waals surface area contributed by atoms with Crippen molar-refractivity contribution in [1.29, 1.82) is 0 Å². The van der Waals surface area contributed by atoms with E-state index in [1.165, 1.54) is 12.8 Å². The van der Waals surface area contributed by atoms with E-state index in [4.69, 9.17) is 22.3 Å². The number of pyridine rings is 1. The van der Waals surface area contributed by atoms with Gasteiger partial charge >= 0.3 is 0 Å². The molecule has 0 radical (unpaired) electrons. The number of imidazole rings is 1. The molecule has 2 N–H and O–H groups in total. The number of para-hydroxylation sites is 1. The van der Waals surface area contributed by atoms with E-state index in [1.54, 1.807) is 6.20 Å². The maximum atomic E-state index is 6.40. The van der Waals surface area contributed by atoms with E-state index >= 15 is 0 Å². The smallest absolute Gasteiger partial charge is 0.141 e. The summed E-state index contributed by atoms with van der Waals surface area (Å²) in [6, 6.07) is 10.4. The summed E-state index contributed by atoms with van der Waals surface area (Å²) in [5.74, 6) is 0.956. The van der Waals surface area contributed by atoms with Gasteiger partial charge in [-0.25, -0.2) is 4.98 Å². The largest absolute Gasteiger partial charge is 0.325 e. The lowest BCUT2D eigenvalue weighted by Gasteiger charge is -2.09. The molecule has 4 rings (SSSR count). The van der Waals surface area contributed by atoms with Crippen molar-refractivity contribution >= 4 is 22.6 Å². The Morgan fingerprint density at radius 2 is 2.14 bits per heavy atom.